The highest BCUT2D eigenvalue weighted by atomic mass is 19.5. The zero-order valence-electron chi connectivity index (χ0n) is 11.0. The molecule has 17 heavy (non-hydrogen) atoms. The Kier molecular flexibility index (Phi) is 7.08. The van der Waals surface area contributed by atoms with Gasteiger partial charge in [0.15, 0.2) is 0 Å². The molecular formula is C10H23BF4N2. The summed E-state index contributed by atoms with van der Waals surface area (Å²) in [5.74, 6) is 0. The maximum Gasteiger partial charge on any atom is 0.673 e. The molecule has 0 aliphatic carbocycles. The van der Waals surface area contributed by atoms with E-state index in [1.807, 2.05) is 0 Å². The van der Waals surface area contributed by atoms with Crippen LogP contribution in [0.1, 0.15) is 34.1 Å². The standard InChI is InChI=1S/C10H22N2.BF4/c1-9(2)11-6-5-7-12(8-11)10(3)4;2-1(3,4)5/h9-10H,5-8H2,1-4H3;/q;-1/p+1. The zero-order valence-corrected chi connectivity index (χ0v) is 11.0. The van der Waals surface area contributed by atoms with Crippen molar-refractivity contribution in [2.75, 3.05) is 19.8 Å². The van der Waals surface area contributed by atoms with Crippen molar-refractivity contribution in [2.45, 2.75) is 46.2 Å². The van der Waals surface area contributed by atoms with Gasteiger partial charge in [0.1, 0.15) is 6.67 Å². The number of hydrogen-bond acceptors (Lipinski definition) is 1. The normalized spacial score (nSPS) is 22.6. The summed E-state index contributed by atoms with van der Waals surface area (Å²) in [6.07, 6.45) is 1.37. The monoisotopic (exact) mass is 258 g/mol. The smallest absolute Gasteiger partial charge is 0.418 e. The molecule has 0 aromatic rings. The summed E-state index contributed by atoms with van der Waals surface area (Å²) >= 11 is 0. The topological polar surface area (TPSA) is 7.68 Å². The Balaban J connectivity index is 0.000000437. The highest BCUT2D eigenvalue weighted by Crippen LogP contribution is 2.06. The Bertz CT molecular complexity index is 189. The van der Waals surface area contributed by atoms with Crippen LogP contribution in [0.4, 0.5) is 17.3 Å². The number of halogens is 4. The summed E-state index contributed by atoms with van der Waals surface area (Å²) in [6, 6.07) is 1.51. The third-order valence-corrected chi connectivity index (χ3v) is 2.90. The number of nitrogens with zero attached hydrogens (tertiary/aromatic N) is 1. The van der Waals surface area contributed by atoms with Crippen molar-refractivity contribution >= 4 is 7.25 Å². The van der Waals surface area contributed by atoms with Gasteiger partial charge in [-0.25, -0.2) is 0 Å². The molecule has 1 aliphatic heterocycles. The van der Waals surface area contributed by atoms with Crippen LogP contribution in [-0.4, -0.2) is 44.0 Å². The molecule has 0 radical (unpaired) electrons. The molecule has 1 unspecified atom stereocenters. The molecule has 0 saturated carbocycles. The fourth-order valence-corrected chi connectivity index (χ4v) is 1.84. The summed E-state index contributed by atoms with van der Waals surface area (Å²) in [4.78, 5) is 4.33. The quantitative estimate of drug-likeness (QED) is 0.584. The molecule has 1 N–H and O–H groups in total. The predicted octanol–water partition coefficient (Wildman–Crippen LogP) is 1.65. The van der Waals surface area contributed by atoms with E-state index < -0.39 is 7.25 Å². The van der Waals surface area contributed by atoms with Gasteiger partial charge in [0.05, 0.1) is 12.6 Å². The Morgan fingerprint density at radius 3 is 1.88 bits per heavy atom. The Morgan fingerprint density at radius 2 is 1.53 bits per heavy atom. The average Bonchev–Trinajstić information content (AvgIpc) is 2.15. The summed E-state index contributed by atoms with van der Waals surface area (Å²) in [5, 5.41) is 0. The van der Waals surface area contributed by atoms with Crippen LogP contribution >= 0.6 is 0 Å². The lowest BCUT2D eigenvalue weighted by Gasteiger charge is -2.37. The van der Waals surface area contributed by atoms with E-state index in [4.69, 9.17) is 0 Å². The molecule has 1 heterocycles. The van der Waals surface area contributed by atoms with Crippen LogP contribution in [-0.2, 0) is 0 Å². The van der Waals surface area contributed by atoms with Gasteiger partial charge < -0.3 is 22.2 Å². The predicted molar refractivity (Wildman–Crippen MR) is 62.5 cm³/mol. The molecule has 1 fully saturated rings. The molecule has 1 saturated heterocycles. The molecule has 0 aromatic heterocycles. The van der Waals surface area contributed by atoms with Crippen LogP contribution in [0.25, 0.3) is 0 Å². The number of rotatable bonds is 2. The lowest BCUT2D eigenvalue weighted by atomic mass is 10.2. The number of nitrogens with one attached hydrogen (secondary N) is 1. The Morgan fingerprint density at radius 1 is 1.06 bits per heavy atom. The van der Waals surface area contributed by atoms with Crippen molar-refractivity contribution < 1.29 is 22.2 Å². The SMILES string of the molecule is CC(C)N1CCC[NH+](C(C)C)C1.F[B-](F)(F)F. The second-order valence-corrected chi connectivity index (χ2v) is 4.98. The van der Waals surface area contributed by atoms with Crippen LogP contribution in [0.5, 0.6) is 0 Å². The summed E-state index contributed by atoms with van der Waals surface area (Å²) < 4.78 is 39.0. The number of quaternary nitrogens is 1. The van der Waals surface area contributed by atoms with Crippen molar-refractivity contribution in [3.05, 3.63) is 0 Å². The maximum absolute atomic E-state index is 9.75. The van der Waals surface area contributed by atoms with Crippen molar-refractivity contribution in [1.29, 1.82) is 0 Å². The second kappa shape index (κ2) is 7.21. The van der Waals surface area contributed by atoms with Gasteiger partial charge in [-0.3, -0.25) is 4.90 Å². The third-order valence-electron chi connectivity index (χ3n) is 2.90. The first-order valence-corrected chi connectivity index (χ1v) is 6.07. The van der Waals surface area contributed by atoms with Crippen LogP contribution in [0, 0.1) is 0 Å². The molecule has 7 heteroatoms. The van der Waals surface area contributed by atoms with Crippen LogP contribution < -0.4 is 4.90 Å². The van der Waals surface area contributed by atoms with Crippen LogP contribution in [0.15, 0.2) is 0 Å². The fraction of sp³-hybridized carbons (Fsp3) is 1.00. The van der Waals surface area contributed by atoms with E-state index in [0.29, 0.717) is 0 Å². The van der Waals surface area contributed by atoms with Gasteiger partial charge in [0, 0.05) is 19.0 Å². The van der Waals surface area contributed by atoms with E-state index in [0.717, 1.165) is 12.1 Å². The minimum atomic E-state index is -6.00. The lowest BCUT2D eigenvalue weighted by Crippen LogP contribution is -3.17. The van der Waals surface area contributed by atoms with E-state index in [-0.39, 0.29) is 0 Å². The molecule has 0 spiro atoms. The van der Waals surface area contributed by atoms with Gasteiger partial charge in [0.2, 0.25) is 0 Å². The first-order chi connectivity index (χ1) is 7.61. The molecule has 0 bridgehead atoms. The van der Waals surface area contributed by atoms with Gasteiger partial charge >= 0.3 is 7.25 Å². The van der Waals surface area contributed by atoms with Gasteiger partial charge in [-0.2, -0.15) is 0 Å². The van der Waals surface area contributed by atoms with E-state index in [1.165, 1.54) is 26.2 Å². The first kappa shape index (κ1) is 16.7. The number of hydrogen-bond donors (Lipinski definition) is 1. The molecule has 2 nitrogen and oxygen atoms in total. The minimum absolute atomic E-state index is 0.721. The summed E-state index contributed by atoms with van der Waals surface area (Å²) in [5.41, 5.74) is 0. The van der Waals surface area contributed by atoms with Crippen LogP contribution in [0.3, 0.4) is 0 Å². The lowest BCUT2D eigenvalue weighted by molar-refractivity contribution is -0.937. The van der Waals surface area contributed by atoms with Crippen molar-refractivity contribution in [1.82, 2.24) is 4.90 Å². The van der Waals surface area contributed by atoms with E-state index in [1.54, 1.807) is 4.90 Å². The summed E-state index contributed by atoms with van der Waals surface area (Å²) in [7, 11) is -6.00. The Labute approximate surface area is 101 Å². The molecule has 1 rings (SSSR count). The van der Waals surface area contributed by atoms with Gasteiger partial charge in [-0.15, -0.1) is 0 Å². The van der Waals surface area contributed by atoms with Crippen molar-refractivity contribution in [2.24, 2.45) is 0 Å². The highest BCUT2D eigenvalue weighted by molar-refractivity contribution is 6.50. The molecule has 0 amide bonds. The van der Waals surface area contributed by atoms with Crippen LogP contribution in [0.2, 0.25) is 0 Å². The van der Waals surface area contributed by atoms with Gasteiger partial charge in [-0.1, -0.05) is 0 Å². The van der Waals surface area contributed by atoms with Gasteiger partial charge in [-0.05, 0) is 27.7 Å². The summed E-state index contributed by atoms with van der Waals surface area (Å²) in [6.45, 7) is 13.1. The molecule has 0 aromatic carbocycles. The van der Waals surface area contributed by atoms with E-state index >= 15 is 0 Å². The first-order valence-electron chi connectivity index (χ1n) is 6.07. The zero-order chi connectivity index (χ0) is 13.6. The third kappa shape index (κ3) is 9.41. The van der Waals surface area contributed by atoms with Crippen molar-refractivity contribution in [3.63, 3.8) is 0 Å². The molecule has 104 valence electrons. The minimum Gasteiger partial charge on any atom is -0.418 e. The van der Waals surface area contributed by atoms with E-state index in [9.17, 15) is 17.3 Å². The van der Waals surface area contributed by atoms with Gasteiger partial charge in [0.25, 0.3) is 0 Å². The largest absolute Gasteiger partial charge is 0.673 e. The molecule has 1 atom stereocenters. The average molecular weight is 258 g/mol. The second-order valence-electron chi connectivity index (χ2n) is 4.98. The highest BCUT2D eigenvalue weighted by Gasteiger charge is 2.23. The van der Waals surface area contributed by atoms with E-state index in [2.05, 4.69) is 32.6 Å². The van der Waals surface area contributed by atoms with Crippen molar-refractivity contribution in [3.8, 4) is 0 Å². The molecule has 1 aliphatic rings. The Hall–Kier alpha value is -0.295. The fourth-order valence-electron chi connectivity index (χ4n) is 1.84. The molecular weight excluding hydrogens is 235 g/mol. The maximum atomic E-state index is 9.75.